The zero-order chi connectivity index (χ0) is 8.77. The van der Waals surface area contributed by atoms with Crippen LogP contribution in [-0.2, 0) is 4.79 Å². The van der Waals surface area contributed by atoms with Crippen LogP contribution in [0.4, 0.5) is 0 Å². The van der Waals surface area contributed by atoms with Crippen LogP contribution in [0, 0.1) is 5.41 Å². The van der Waals surface area contributed by atoms with E-state index in [-0.39, 0.29) is 17.4 Å². The fourth-order valence-electron chi connectivity index (χ4n) is 1.57. The van der Waals surface area contributed by atoms with E-state index < -0.39 is 0 Å². The molecule has 1 saturated heterocycles. The smallest absolute Gasteiger partial charge is 0.237 e. The molecule has 1 amide bonds. The van der Waals surface area contributed by atoms with Crippen LogP contribution in [0.2, 0.25) is 0 Å². The second kappa shape index (κ2) is 2.46. The van der Waals surface area contributed by atoms with Gasteiger partial charge in [-0.25, -0.2) is 0 Å². The maximum absolute atomic E-state index is 11.5. The van der Waals surface area contributed by atoms with Crippen molar-refractivity contribution in [1.82, 2.24) is 10.6 Å². The average molecular weight is 168 g/mol. The quantitative estimate of drug-likeness (QED) is 0.621. The number of carbonyl (C=O) groups excluding carboxylic acids is 1. The van der Waals surface area contributed by atoms with E-state index in [2.05, 4.69) is 24.5 Å². The van der Waals surface area contributed by atoms with Crippen molar-refractivity contribution in [3.8, 4) is 0 Å². The highest BCUT2D eigenvalue weighted by molar-refractivity contribution is 5.84. The Morgan fingerprint density at radius 3 is 2.50 bits per heavy atom. The molecule has 0 bridgehead atoms. The normalized spacial score (nSPS) is 32.3. The molecule has 0 radical (unpaired) electrons. The number of hydrogen-bond donors (Lipinski definition) is 2. The Labute approximate surface area is 72.9 Å². The van der Waals surface area contributed by atoms with Crippen molar-refractivity contribution in [2.75, 3.05) is 6.54 Å². The van der Waals surface area contributed by atoms with Crippen LogP contribution in [0.3, 0.4) is 0 Å². The number of amides is 1. The van der Waals surface area contributed by atoms with E-state index in [1.165, 1.54) is 12.8 Å². The summed E-state index contributed by atoms with van der Waals surface area (Å²) in [6.45, 7) is 5.21. The molecule has 1 aliphatic carbocycles. The summed E-state index contributed by atoms with van der Waals surface area (Å²) in [5, 5.41) is 6.17. The third-order valence-electron chi connectivity index (χ3n) is 2.73. The number of hydrogen-bond acceptors (Lipinski definition) is 2. The molecule has 3 heteroatoms. The molecule has 1 unspecified atom stereocenters. The lowest BCUT2D eigenvalue weighted by Gasteiger charge is -2.44. The van der Waals surface area contributed by atoms with Gasteiger partial charge >= 0.3 is 0 Å². The number of nitrogens with one attached hydrogen (secondary N) is 2. The van der Waals surface area contributed by atoms with E-state index in [1.807, 2.05) is 0 Å². The molecule has 0 spiro atoms. The van der Waals surface area contributed by atoms with Crippen LogP contribution >= 0.6 is 0 Å². The lowest BCUT2D eigenvalue weighted by molar-refractivity contribution is -0.129. The molecule has 0 aromatic heterocycles. The first-order valence-electron chi connectivity index (χ1n) is 4.63. The summed E-state index contributed by atoms with van der Waals surface area (Å²) < 4.78 is 0. The number of rotatable bonds is 2. The van der Waals surface area contributed by atoms with E-state index in [9.17, 15) is 4.79 Å². The van der Waals surface area contributed by atoms with Crippen molar-refractivity contribution >= 4 is 5.91 Å². The summed E-state index contributed by atoms with van der Waals surface area (Å²) in [7, 11) is 0. The number of carbonyl (C=O) groups is 1. The second-order valence-electron chi connectivity index (χ2n) is 4.59. The summed E-state index contributed by atoms with van der Waals surface area (Å²) in [5.41, 5.74) is 0.152. The summed E-state index contributed by atoms with van der Waals surface area (Å²) >= 11 is 0. The molecular formula is C9H16N2O. The lowest BCUT2D eigenvalue weighted by atomic mass is 9.77. The molecule has 1 saturated carbocycles. The molecule has 2 aliphatic rings. The van der Waals surface area contributed by atoms with Gasteiger partial charge in [0.15, 0.2) is 0 Å². The van der Waals surface area contributed by atoms with Gasteiger partial charge in [0.05, 0.1) is 6.04 Å². The summed E-state index contributed by atoms with van der Waals surface area (Å²) in [6.07, 6.45) is 2.33. The van der Waals surface area contributed by atoms with Gasteiger partial charge in [0.2, 0.25) is 5.91 Å². The van der Waals surface area contributed by atoms with Gasteiger partial charge in [-0.3, -0.25) is 4.79 Å². The van der Waals surface area contributed by atoms with Gasteiger partial charge in [0.1, 0.15) is 0 Å². The predicted octanol–water partition coefficient (Wildman–Crippen LogP) is 0.263. The Morgan fingerprint density at radius 2 is 2.17 bits per heavy atom. The summed E-state index contributed by atoms with van der Waals surface area (Å²) in [5.74, 6) is 0.189. The Balaban J connectivity index is 1.86. The van der Waals surface area contributed by atoms with Crippen LogP contribution in [-0.4, -0.2) is 24.5 Å². The van der Waals surface area contributed by atoms with E-state index in [1.54, 1.807) is 0 Å². The Hall–Kier alpha value is -0.570. The molecule has 2 rings (SSSR count). The van der Waals surface area contributed by atoms with Gasteiger partial charge in [-0.1, -0.05) is 13.8 Å². The minimum atomic E-state index is 0.0399. The first-order valence-corrected chi connectivity index (χ1v) is 4.63. The Morgan fingerprint density at radius 1 is 1.50 bits per heavy atom. The fourth-order valence-corrected chi connectivity index (χ4v) is 1.57. The molecule has 1 heterocycles. The van der Waals surface area contributed by atoms with E-state index >= 15 is 0 Å². The largest absolute Gasteiger partial charge is 0.352 e. The fraction of sp³-hybridized carbons (Fsp3) is 0.889. The Kier molecular flexibility index (Phi) is 1.65. The van der Waals surface area contributed by atoms with Crippen molar-refractivity contribution in [2.24, 2.45) is 5.41 Å². The first kappa shape index (κ1) is 8.05. The minimum absolute atomic E-state index is 0.0399. The summed E-state index contributed by atoms with van der Waals surface area (Å²) in [6, 6.07) is 0.522. The molecular weight excluding hydrogens is 152 g/mol. The molecule has 2 N–H and O–H groups in total. The molecule has 68 valence electrons. The predicted molar refractivity (Wildman–Crippen MR) is 46.7 cm³/mol. The SMILES string of the molecule is CC1(C)CNC1C(=O)NC1CC1. The maximum Gasteiger partial charge on any atom is 0.237 e. The zero-order valence-electron chi connectivity index (χ0n) is 7.68. The topological polar surface area (TPSA) is 41.1 Å². The van der Waals surface area contributed by atoms with E-state index in [4.69, 9.17) is 0 Å². The third kappa shape index (κ3) is 1.33. The van der Waals surface area contributed by atoms with Gasteiger partial charge in [-0.15, -0.1) is 0 Å². The summed E-state index contributed by atoms with van der Waals surface area (Å²) in [4.78, 5) is 11.5. The van der Waals surface area contributed by atoms with Crippen molar-refractivity contribution in [1.29, 1.82) is 0 Å². The van der Waals surface area contributed by atoms with Crippen LogP contribution in [0.25, 0.3) is 0 Å². The zero-order valence-corrected chi connectivity index (χ0v) is 7.68. The lowest BCUT2D eigenvalue weighted by Crippen LogP contribution is -2.65. The molecule has 1 aliphatic heterocycles. The maximum atomic E-state index is 11.5. The molecule has 12 heavy (non-hydrogen) atoms. The highest BCUT2D eigenvalue weighted by Gasteiger charge is 2.44. The average Bonchev–Trinajstić information content (AvgIpc) is 2.69. The Bertz CT molecular complexity index is 209. The van der Waals surface area contributed by atoms with Crippen LogP contribution in [0.15, 0.2) is 0 Å². The highest BCUT2D eigenvalue weighted by Crippen LogP contribution is 2.29. The molecule has 0 aromatic rings. The van der Waals surface area contributed by atoms with Gasteiger partial charge < -0.3 is 10.6 Å². The third-order valence-corrected chi connectivity index (χ3v) is 2.73. The van der Waals surface area contributed by atoms with Gasteiger partial charge in [0, 0.05) is 18.0 Å². The van der Waals surface area contributed by atoms with Gasteiger partial charge in [0.25, 0.3) is 0 Å². The molecule has 2 fully saturated rings. The van der Waals surface area contributed by atoms with Crippen molar-refractivity contribution in [3.05, 3.63) is 0 Å². The molecule has 1 atom stereocenters. The van der Waals surface area contributed by atoms with Crippen molar-refractivity contribution < 1.29 is 4.79 Å². The highest BCUT2D eigenvalue weighted by atomic mass is 16.2. The van der Waals surface area contributed by atoms with Crippen molar-refractivity contribution in [3.63, 3.8) is 0 Å². The standard InChI is InChI=1S/C9H16N2O/c1-9(2)5-10-7(9)8(12)11-6-3-4-6/h6-7,10H,3-5H2,1-2H3,(H,11,12). The monoisotopic (exact) mass is 168 g/mol. The van der Waals surface area contributed by atoms with Crippen LogP contribution < -0.4 is 10.6 Å². The van der Waals surface area contributed by atoms with Crippen LogP contribution in [0.1, 0.15) is 26.7 Å². The van der Waals surface area contributed by atoms with Crippen LogP contribution in [0.5, 0.6) is 0 Å². The second-order valence-corrected chi connectivity index (χ2v) is 4.59. The van der Waals surface area contributed by atoms with Gasteiger partial charge in [-0.2, -0.15) is 0 Å². The van der Waals surface area contributed by atoms with Gasteiger partial charge in [-0.05, 0) is 12.8 Å². The molecule has 0 aromatic carbocycles. The molecule has 3 nitrogen and oxygen atoms in total. The van der Waals surface area contributed by atoms with E-state index in [0.29, 0.717) is 6.04 Å². The van der Waals surface area contributed by atoms with Crippen molar-refractivity contribution in [2.45, 2.75) is 38.8 Å². The minimum Gasteiger partial charge on any atom is -0.352 e. The van der Waals surface area contributed by atoms with E-state index in [0.717, 1.165) is 6.54 Å². The first-order chi connectivity index (χ1) is 5.59.